The molecule has 0 unspecified atom stereocenters. The number of nitrogens with one attached hydrogen (secondary N) is 2. The van der Waals surface area contributed by atoms with Gasteiger partial charge in [0, 0.05) is 24.8 Å². The molecule has 0 spiro atoms. The van der Waals surface area contributed by atoms with E-state index in [1.807, 2.05) is 51.4 Å². The van der Waals surface area contributed by atoms with Crippen molar-refractivity contribution in [3.05, 3.63) is 48.0 Å². The van der Waals surface area contributed by atoms with Crippen LogP contribution in [-0.4, -0.2) is 43.6 Å². The average Bonchev–Trinajstić information content (AvgIpc) is 3.26. The number of carbonyl (C=O) groups is 1. The van der Waals surface area contributed by atoms with Crippen molar-refractivity contribution in [2.75, 3.05) is 17.7 Å². The van der Waals surface area contributed by atoms with Crippen LogP contribution < -0.4 is 15.4 Å². The number of aryl methyl sites for hydroxylation is 2. The molecule has 1 aromatic carbocycles. The summed E-state index contributed by atoms with van der Waals surface area (Å²) < 4.78 is 8.88. The molecular formula is C19H23N7O2. The molecule has 0 fully saturated rings. The molecule has 1 aliphatic heterocycles. The molecule has 0 saturated carbocycles. The third kappa shape index (κ3) is 2.98. The third-order valence-electron chi connectivity index (χ3n) is 5.11. The summed E-state index contributed by atoms with van der Waals surface area (Å²) in [6.45, 7) is 3.91. The second-order valence-corrected chi connectivity index (χ2v) is 6.96. The number of aromatic nitrogens is 5. The number of benzene rings is 1. The molecule has 2 N–H and O–H groups in total. The summed E-state index contributed by atoms with van der Waals surface area (Å²) in [7, 11) is 3.45. The highest BCUT2D eigenvalue weighted by Crippen LogP contribution is 2.38. The Bertz CT molecular complexity index is 1010. The highest BCUT2D eigenvalue weighted by molar-refractivity contribution is 5.95. The minimum Gasteiger partial charge on any atom is -0.495 e. The minimum absolute atomic E-state index is 0.126. The first-order valence-corrected chi connectivity index (χ1v) is 9.09. The Balaban J connectivity index is 1.75. The van der Waals surface area contributed by atoms with Crippen molar-refractivity contribution >= 4 is 17.5 Å². The summed E-state index contributed by atoms with van der Waals surface area (Å²) >= 11 is 0. The topological polar surface area (TPSA) is 98.9 Å². The van der Waals surface area contributed by atoms with Gasteiger partial charge in [-0.25, -0.2) is 4.68 Å². The van der Waals surface area contributed by atoms with Gasteiger partial charge in [-0.05, 0) is 26.0 Å². The van der Waals surface area contributed by atoms with Crippen molar-refractivity contribution in [3.63, 3.8) is 0 Å². The number of nitrogens with zero attached hydrogens (tertiary/aromatic N) is 5. The number of amides is 1. The van der Waals surface area contributed by atoms with Crippen LogP contribution in [0.2, 0.25) is 0 Å². The van der Waals surface area contributed by atoms with E-state index in [1.54, 1.807) is 16.5 Å². The number of hydrogen-bond donors (Lipinski definition) is 2. The van der Waals surface area contributed by atoms with Crippen molar-refractivity contribution in [1.82, 2.24) is 24.5 Å². The summed E-state index contributed by atoms with van der Waals surface area (Å²) in [5, 5.41) is 15.1. The molecule has 9 nitrogen and oxygen atoms in total. The van der Waals surface area contributed by atoms with Crippen molar-refractivity contribution in [2.45, 2.75) is 25.9 Å². The van der Waals surface area contributed by atoms with Crippen LogP contribution in [0.5, 0.6) is 5.75 Å². The quantitative estimate of drug-likeness (QED) is 0.717. The lowest BCUT2D eigenvalue weighted by Crippen LogP contribution is -2.46. The van der Waals surface area contributed by atoms with Crippen molar-refractivity contribution < 1.29 is 9.53 Å². The molecule has 1 aliphatic rings. The van der Waals surface area contributed by atoms with E-state index >= 15 is 0 Å². The number of methoxy groups -OCH3 is 1. The number of anilines is 2. The van der Waals surface area contributed by atoms with Crippen LogP contribution in [0.4, 0.5) is 11.6 Å². The van der Waals surface area contributed by atoms with Crippen LogP contribution in [-0.2, 0) is 11.8 Å². The molecule has 0 radical (unpaired) electrons. The summed E-state index contributed by atoms with van der Waals surface area (Å²) in [5.74, 6) is 0.700. The predicted octanol–water partition coefficient (Wildman–Crippen LogP) is 1.99. The molecule has 28 heavy (non-hydrogen) atoms. The van der Waals surface area contributed by atoms with Crippen LogP contribution in [0.15, 0.2) is 36.8 Å². The zero-order valence-corrected chi connectivity index (χ0v) is 16.2. The van der Waals surface area contributed by atoms with E-state index in [9.17, 15) is 4.79 Å². The highest BCUT2D eigenvalue weighted by atomic mass is 16.5. The van der Waals surface area contributed by atoms with Gasteiger partial charge in [-0.3, -0.25) is 9.48 Å². The summed E-state index contributed by atoms with van der Waals surface area (Å²) in [4.78, 5) is 17.7. The highest BCUT2D eigenvalue weighted by Gasteiger charge is 2.42. The van der Waals surface area contributed by atoms with Crippen LogP contribution in [0, 0.1) is 12.8 Å². The van der Waals surface area contributed by atoms with E-state index in [2.05, 4.69) is 25.8 Å². The first kappa shape index (κ1) is 18.0. The first-order chi connectivity index (χ1) is 13.5. The lowest BCUT2D eigenvalue weighted by Gasteiger charge is -2.36. The monoisotopic (exact) mass is 381 g/mol. The molecule has 0 aliphatic carbocycles. The fraction of sp³-hybridized carbons (Fsp3) is 0.368. The van der Waals surface area contributed by atoms with Gasteiger partial charge in [-0.1, -0.05) is 12.1 Å². The van der Waals surface area contributed by atoms with Gasteiger partial charge in [0.2, 0.25) is 11.9 Å². The van der Waals surface area contributed by atoms with Gasteiger partial charge in [-0.15, -0.1) is 0 Å². The number of hydrogen-bond acceptors (Lipinski definition) is 6. The smallest absolute Gasteiger partial charge is 0.232 e. The van der Waals surface area contributed by atoms with Gasteiger partial charge in [0.25, 0.3) is 0 Å². The second kappa shape index (κ2) is 6.99. The Labute approximate surface area is 162 Å². The Morgan fingerprint density at radius 3 is 2.82 bits per heavy atom. The Kier molecular flexibility index (Phi) is 4.50. The Morgan fingerprint density at radius 2 is 2.11 bits per heavy atom. The molecule has 0 bridgehead atoms. The first-order valence-electron chi connectivity index (χ1n) is 9.09. The normalized spacial score (nSPS) is 20.9. The molecule has 146 valence electrons. The Hall–Kier alpha value is -3.36. The number of carbonyl (C=O) groups excluding carboxylic acids is 1. The van der Waals surface area contributed by atoms with E-state index in [-0.39, 0.29) is 18.0 Å². The molecule has 4 rings (SSSR count). The fourth-order valence-corrected chi connectivity index (χ4v) is 3.84. The molecule has 3 heterocycles. The third-order valence-corrected chi connectivity index (χ3v) is 5.11. The summed E-state index contributed by atoms with van der Waals surface area (Å²) in [6, 6.07) is 6.88. The molecule has 9 heteroatoms. The molecule has 2 aromatic heterocycles. The maximum absolute atomic E-state index is 13.4. The standard InChI is InChI=1S/C19H23N7O2/c1-11-13(9-25(3)24-11)17-16(12(2)22-19-20-10-21-26(17)19)18(27)23-14-7-5-6-8-15(14)28-4/h5-10,12,16-17H,1-4H3,(H,23,27)(H,20,21,22)/t12-,16-,17-/m1/s1. The van der Waals surface area contributed by atoms with Gasteiger partial charge in [0.1, 0.15) is 12.1 Å². The molecule has 3 atom stereocenters. The summed E-state index contributed by atoms with van der Waals surface area (Å²) in [6.07, 6.45) is 3.43. The molecule has 3 aromatic rings. The van der Waals surface area contributed by atoms with E-state index in [1.165, 1.54) is 6.33 Å². The molecule has 0 saturated heterocycles. The maximum Gasteiger partial charge on any atom is 0.232 e. The van der Waals surface area contributed by atoms with Gasteiger partial charge in [-0.2, -0.15) is 15.2 Å². The van der Waals surface area contributed by atoms with E-state index in [4.69, 9.17) is 4.74 Å². The van der Waals surface area contributed by atoms with Gasteiger partial charge in [0.05, 0.1) is 30.5 Å². The number of para-hydroxylation sites is 2. The van der Waals surface area contributed by atoms with E-state index in [0.717, 1.165) is 11.3 Å². The fourth-order valence-electron chi connectivity index (χ4n) is 3.84. The Morgan fingerprint density at radius 1 is 1.32 bits per heavy atom. The maximum atomic E-state index is 13.4. The van der Waals surface area contributed by atoms with Crippen molar-refractivity contribution in [3.8, 4) is 5.75 Å². The molecule has 1 amide bonds. The van der Waals surface area contributed by atoms with Crippen molar-refractivity contribution in [1.29, 1.82) is 0 Å². The SMILES string of the molecule is COc1ccccc1NC(=O)[C@H]1[C@@H](c2cn(C)nc2C)n2ncnc2N[C@@H]1C. The van der Waals surface area contributed by atoms with Crippen LogP contribution in [0.25, 0.3) is 0 Å². The van der Waals surface area contributed by atoms with Gasteiger partial charge < -0.3 is 15.4 Å². The average molecular weight is 381 g/mol. The molecular weight excluding hydrogens is 358 g/mol. The second-order valence-electron chi connectivity index (χ2n) is 6.96. The largest absolute Gasteiger partial charge is 0.495 e. The lowest BCUT2D eigenvalue weighted by molar-refractivity contribution is -0.121. The zero-order chi connectivity index (χ0) is 19.8. The van der Waals surface area contributed by atoms with Gasteiger partial charge in [0.15, 0.2) is 0 Å². The van der Waals surface area contributed by atoms with Crippen LogP contribution in [0.1, 0.15) is 24.2 Å². The zero-order valence-electron chi connectivity index (χ0n) is 16.2. The number of rotatable bonds is 4. The van der Waals surface area contributed by atoms with E-state index in [0.29, 0.717) is 17.4 Å². The van der Waals surface area contributed by atoms with Crippen molar-refractivity contribution in [2.24, 2.45) is 13.0 Å². The lowest BCUT2D eigenvalue weighted by atomic mass is 9.85. The summed E-state index contributed by atoms with van der Waals surface area (Å²) in [5.41, 5.74) is 2.44. The van der Waals surface area contributed by atoms with E-state index < -0.39 is 5.92 Å². The number of ether oxygens (including phenoxy) is 1. The minimum atomic E-state index is -0.429. The van der Waals surface area contributed by atoms with Gasteiger partial charge >= 0.3 is 0 Å². The van der Waals surface area contributed by atoms with Crippen LogP contribution in [0.3, 0.4) is 0 Å². The predicted molar refractivity (Wildman–Crippen MR) is 104 cm³/mol. The van der Waals surface area contributed by atoms with Crippen LogP contribution >= 0.6 is 0 Å². The number of fused-ring (bicyclic) bond motifs is 1.